The molecule has 2 aliphatic rings. The van der Waals surface area contributed by atoms with Crippen molar-refractivity contribution in [2.45, 2.75) is 37.8 Å². The Labute approximate surface area is 108 Å². The number of aliphatic imine (C=N–C) groups is 1. The van der Waals surface area contributed by atoms with Gasteiger partial charge in [-0.3, -0.25) is 5.43 Å². The molecule has 1 aromatic carbocycles. The van der Waals surface area contributed by atoms with Crippen molar-refractivity contribution in [3.8, 4) is 0 Å². The molecular formula is C14H19N3O. The van der Waals surface area contributed by atoms with Gasteiger partial charge in [-0.1, -0.05) is 24.6 Å². The van der Waals surface area contributed by atoms with E-state index in [9.17, 15) is 0 Å². The summed E-state index contributed by atoms with van der Waals surface area (Å²) in [6, 6.07) is 11.0. The fourth-order valence-electron chi connectivity index (χ4n) is 2.73. The van der Waals surface area contributed by atoms with E-state index in [0.717, 1.165) is 12.1 Å². The van der Waals surface area contributed by atoms with Crippen LogP contribution in [-0.4, -0.2) is 30.2 Å². The van der Waals surface area contributed by atoms with Crippen LogP contribution in [0.4, 0.5) is 5.69 Å². The number of rotatable bonds is 1. The van der Waals surface area contributed by atoms with Crippen molar-refractivity contribution >= 4 is 11.7 Å². The van der Waals surface area contributed by atoms with Gasteiger partial charge in [-0.05, 0) is 31.4 Å². The zero-order valence-corrected chi connectivity index (χ0v) is 10.7. The summed E-state index contributed by atoms with van der Waals surface area (Å²) in [5.41, 5.74) is 4.14. The Morgan fingerprint density at radius 1 is 1.22 bits per heavy atom. The summed E-state index contributed by atoms with van der Waals surface area (Å²) in [4.78, 5) is 4.50. The van der Waals surface area contributed by atoms with Gasteiger partial charge in [0.2, 0.25) is 0 Å². The molecule has 4 nitrogen and oxygen atoms in total. The summed E-state index contributed by atoms with van der Waals surface area (Å²) < 4.78 is 5.96. The van der Waals surface area contributed by atoms with E-state index in [1.165, 1.54) is 19.3 Å². The second-order valence-electron chi connectivity index (χ2n) is 4.98. The quantitative estimate of drug-likeness (QED) is 0.825. The summed E-state index contributed by atoms with van der Waals surface area (Å²) in [6.45, 7) is 0. The number of hydrogen-bond acceptors (Lipinski definition) is 3. The zero-order chi connectivity index (χ0) is 12.4. The molecule has 1 aromatic rings. The first-order valence-electron chi connectivity index (χ1n) is 6.63. The molecule has 2 fully saturated rings. The maximum Gasteiger partial charge on any atom is 0.305 e. The molecule has 2 atom stereocenters. The lowest BCUT2D eigenvalue weighted by atomic mass is 9.92. The fraction of sp³-hybridized carbons (Fsp3) is 0.500. The van der Waals surface area contributed by atoms with Gasteiger partial charge in [0.25, 0.3) is 0 Å². The van der Waals surface area contributed by atoms with Crippen LogP contribution < -0.4 is 5.43 Å². The minimum Gasteiger partial charge on any atom is -0.459 e. The van der Waals surface area contributed by atoms with Gasteiger partial charge in [0.15, 0.2) is 0 Å². The van der Waals surface area contributed by atoms with E-state index in [2.05, 4.69) is 22.5 Å². The van der Waals surface area contributed by atoms with Gasteiger partial charge in [0, 0.05) is 7.05 Å². The van der Waals surface area contributed by atoms with E-state index in [0.29, 0.717) is 12.1 Å². The Kier molecular flexibility index (Phi) is 3.19. The number of benzene rings is 1. The van der Waals surface area contributed by atoms with E-state index in [1.54, 1.807) is 0 Å². The van der Waals surface area contributed by atoms with Crippen LogP contribution in [0.2, 0.25) is 0 Å². The SMILES string of the molecule is CN1NC(=Nc2ccccc2)O[C@H]2CCCC[C@@H]21. The molecule has 0 amide bonds. The van der Waals surface area contributed by atoms with Crippen molar-refractivity contribution in [1.82, 2.24) is 10.4 Å². The van der Waals surface area contributed by atoms with Gasteiger partial charge in [0.1, 0.15) is 6.10 Å². The zero-order valence-electron chi connectivity index (χ0n) is 10.7. The van der Waals surface area contributed by atoms with Crippen LogP contribution in [0.15, 0.2) is 35.3 Å². The Bertz CT molecular complexity index is 432. The molecule has 0 unspecified atom stereocenters. The molecule has 1 N–H and O–H groups in total. The number of nitrogens with one attached hydrogen (secondary N) is 1. The number of amidine groups is 1. The van der Waals surface area contributed by atoms with Crippen LogP contribution in [0.3, 0.4) is 0 Å². The molecule has 1 heterocycles. The Morgan fingerprint density at radius 3 is 2.83 bits per heavy atom. The van der Waals surface area contributed by atoms with Gasteiger partial charge >= 0.3 is 6.02 Å². The third-order valence-electron chi connectivity index (χ3n) is 3.69. The average Bonchev–Trinajstić information content (AvgIpc) is 2.40. The van der Waals surface area contributed by atoms with E-state index in [-0.39, 0.29) is 6.10 Å². The predicted molar refractivity (Wildman–Crippen MR) is 71.6 cm³/mol. The first-order chi connectivity index (χ1) is 8.83. The third-order valence-corrected chi connectivity index (χ3v) is 3.69. The molecule has 1 aliphatic heterocycles. The first kappa shape index (κ1) is 11.5. The van der Waals surface area contributed by atoms with Gasteiger partial charge in [0.05, 0.1) is 11.7 Å². The highest BCUT2D eigenvalue weighted by atomic mass is 16.5. The number of ether oxygens (including phenoxy) is 1. The van der Waals surface area contributed by atoms with Crippen molar-refractivity contribution in [3.63, 3.8) is 0 Å². The smallest absolute Gasteiger partial charge is 0.305 e. The molecule has 4 heteroatoms. The monoisotopic (exact) mass is 245 g/mol. The van der Waals surface area contributed by atoms with Crippen LogP contribution in [0.5, 0.6) is 0 Å². The van der Waals surface area contributed by atoms with Crippen molar-refractivity contribution in [2.24, 2.45) is 4.99 Å². The molecule has 0 bridgehead atoms. The topological polar surface area (TPSA) is 36.9 Å². The van der Waals surface area contributed by atoms with Crippen molar-refractivity contribution < 1.29 is 4.74 Å². The molecule has 3 rings (SSSR count). The van der Waals surface area contributed by atoms with E-state index in [1.807, 2.05) is 30.3 Å². The summed E-state index contributed by atoms with van der Waals surface area (Å²) in [7, 11) is 2.08. The van der Waals surface area contributed by atoms with Crippen molar-refractivity contribution in [2.75, 3.05) is 7.05 Å². The molecule has 1 aliphatic carbocycles. The van der Waals surface area contributed by atoms with Crippen LogP contribution >= 0.6 is 0 Å². The average molecular weight is 245 g/mol. The van der Waals surface area contributed by atoms with Gasteiger partial charge in [-0.2, -0.15) is 4.99 Å². The largest absolute Gasteiger partial charge is 0.459 e. The van der Waals surface area contributed by atoms with Crippen molar-refractivity contribution in [3.05, 3.63) is 30.3 Å². The van der Waals surface area contributed by atoms with Crippen molar-refractivity contribution in [1.29, 1.82) is 0 Å². The lowest BCUT2D eigenvalue weighted by Gasteiger charge is -2.42. The molecule has 96 valence electrons. The number of likely N-dealkylation sites (N-methyl/N-ethyl adjacent to an activating group) is 1. The molecule has 0 aromatic heterocycles. The Balaban J connectivity index is 1.77. The molecule has 0 spiro atoms. The second kappa shape index (κ2) is 4.98. The molecule has 0 radical (unpaired) electrons. The normalized spacial score (nSPS) is 30.4. The molecule has 1 saturated carbocycles. The van der Waals surface area contributed by atoms with E-state index < -0.39 is 0 Å². The van der Waals surface area contributed by atoms with Crippen LogP contribution in [0, 0.1) is 0 Å². The minimum atomic E-state index is 0.285. The number of nitrogens with zero attached hydrogens (tertiary/aromatic N) is 2. The summed E-state index contributed by atoms with van der Waals surface area (Å²) >= 11 is 0. The number of para-hydroxylation sites is 1. The third kappa shape index (κ3) is 2.34. The Morgan fingerprint density at radius 2 is 2.00 bits per heavy atom. The van der Waals surface area contributed by atoms with Crippen LogP contribution in [0.1, 0.15) is 25.7 Å². The highest BCUT2D eigenvalue weighted by Gasteiger charge is 2.35. The minimum absolute atomic E-state index is 0.285. The maximum absolute atomic E-state index is 5.96. The first-order valence-corrected chi connectivity index (χ1v) is 6.63. The lowest BCUT2D eigenvalue weighted by molar-refractivity contribution is -0.0179. The van der Waals surface area contributed by atoms with Gasteiger partial charge in [-0.25, -0.2) is 5.01 Å². The van der Waals surface area contributed by atoms with Gasteiger partial charge < -0.3 is 4.74 Å². The van der Waals surface area contributed by atoms with Crippen LogP contribution in [-0.2, 0) is 4.74 Å². The van der Waals surface area contributed by atoms with Crippen LogP contribution in [0.25, 0.3) is 0 Å². The predicted octanol–water partition coefficient (Wildman–Crippen LogP) is 2.45. The molecular weight excluding hydrogens is 226 g/mol. The number of fused-ring (bicyclic) bond motifs is 1. The summed E-state index contributed by atoms with van der Waals surface area (Å²) in [5.74, 6) is 0. The number of hydrazine groups is 1. The lowest BCUT2D eigenvalue weighted by Crippen LogP contribution is -2.59. The fourth-order valence-corrected chi connectivity index (χ4v) is 2.73. The summed E-state index contributed by atoms with van der Waals surface area (Å²) in [5, 5.41) is 2.15. The summed E-state index contributed by atoms with van der Waals surface area (Å²) in [6.07, 6.45) is 5.17. The Hall–Kier alpha value is -1.55. The standard InChI is InChI=1S/C14H19N3O/c1-17-12-9-5-6-10-13(12)18-14(16-17)15-11-7-3-2-4-8-11/h2-4,7-8,12-13H,5-6,9-10H2,1H3,(H,15,16)/t12-,13-/m0/s1. The maximum atomic E-state index is 5.96. The number of hydrogen-bond donors (Lipinski definition) is 1. The highest BCUT2D eigenvalue weighted by molar-refractivity contribution is 5.77. The molecule has 1 saturated heterocycles. The van der Waals surface area contributed by atoms with Gasteiger partial charge in [-0.15, -0.1) is 0 Å². The van der Waals surface area contributed by atoms with E-state index in [4.69, 9.17) is 4.74 Å². The van der Waals surface area contributed by atoms with E-state index >= 15 is 0 Å². The molecule has 18 heavy (non-hydrogen) atoms. The highest BCUT2D eigenvalue weighted by Crippen LogP contribution is 2.27. The second-order valence-corrected chi connectivity index (χ2v) is 4.98.